The first kappa shape index (κ1) is 16.8. The summed E-state index contributed by atoms with van der Waals surface area (Å²) in [6, 6.07) is 9.29. The minimum absolute atomic E-state index is 0.124. The van der Waals surface area contributed by atoms with E-state index in [1.165, 1.54) is 10.9 Å². The maximum absolute atomic E-state index is 10.8. The molecule has 0 radical (unpaired) electrons. The number of nitro groups is 1. The average molecular weight is 368 g/mol. The standard InChI is InChI=1S/C17H16N6O4/c1-11-6-16(21-17(20-11)22-9-12(7-19-22)23(24)25)18-8-13-10-26-14-4-2-3-5-15(14)27-13/h2-7,9,13H,8,10H2,1H3,(H,18,20,21)/t13-/m1/s1. The molecular weight excluding hydrogens is 352 g/mol. The molecule has 0 spiro atoms. The van der Waals surface area contributed by atoms with Crippen LogP contribution in [-0.4, -0.2) is 43.9 Å². The van der Waals surface area contributed by atoms with Gasteiger partial charge in [0.2, 0.25) is 0 Å². The number of hydrogen-bond donors (Lipinski definition) is 1. The van der Waals surface area contributed by atoms with Crippen LogP contribution in [0.4, 0.5) is 11.5 Å². The minimum atomic E-state index is -0.517. The van der Waals surface area contributed by atoms with Crippen molar-refractivity contribution in [3.63, 3.8) is 0 Å². The topological polar surface area (TPSA) is 117 Å². The van der Waals surface area contributed by atoms with Crippen LogP contribution in [0.3, 0.4) is 0 Å². The third-order valence-electron chi connectivity index (χ3n) is 3.91. The number of anilines is 1. The number of hydrogen-bond acceptors (Lipinski definition) is 8. The van der Waals surface area contributed by atoms with Crippen molar-refractivity contribution in [1.82, 2.24) is 19.7 Å². The fourth-order valence-electron chi connectivity index (χ4n) is 2.64. The molecule has 2 aromatic heterocycles. The van der Waals surface area contributed by atoms with Gasteiger partial charge in [-0.05, 0) is 19.1 Å². The van der Waals surface area contributed by atoms with Crippen molar-refractivity contribution in [2.24, 2.45) is 0 Å². The van der Waals surface area contributed by atoms with E-state index in [1.54, 1.807) is 6.07 Å². The van der Waals surface area contributed by atoms with Crippen LogP contribution in [0.25, 0.3) is 5.95 Å². The Kier molecular flexibility index (Phi) is 4.29. The lowest BCUT2D eigenvalue weighted by atomic mass is 10.2. The molecular formula is C17H16N6O4. The SMILES string of the molecule is Cc1cc(NC[C@@H]2COc3ccccc3O2)nc(-n2cc([N+](=O)[O-])cn2)n1. The second-order valence-corrected chi connectivity index (χ2v) is 5.97. The maximum atomic E-state index is 10.8. The number of para-hydroxylation sites is 2. The average Bonchev–Trinajstić information content (AvgIpc) is 3.16. The Bertz CT molecular complexity index is 989. The fraction of sp³-hybridized carbons (Fsp3) is 0.235. The maximum Gasteiger partial charge on any atom is 0.307 e. The molecule has 3 aromatic rings. The third-order valence-corrected chi connectivity index (χ3v) is 3.91. The fourth-order valence-corrected chi connectivity index (χ4v) is 2.64. The number of rotatable bonds is 5. The number of nitrogens with zero attached hydrogens (tertiary/aromatic N) is 5. The van der Waals surface area contributed by atoms with Crippen LogP contribution in [-0.2, 0) is 0 Å². The first-order valence-electron chi connectivity index (χ1n) is 8.26. The molecule has 1 N–H and O–H groups in total. The van der Waals surface area contributed by atoms with Crippen LogP contribution in [0.5, 0.6) is 11.5 Å². The summed E-state index contributed by atoms with van der Waals surface area (Å²) in [5, 5.41) is 18.0. The summed E-state index contributed by atoms with van der Waals surface area (Å²) in [6.07, 6.45) is 2.25. The van der Waals surface area contributed by atoms with E-state index in [4.69, 9.17) is 9.47 Å². The number of nitrogens with one attached hydrogen (secondary N) is 1. The van der Waals surface area contributed by atoms with Crippen molar-refractivity contribution >= 4 is 11.5 Å². The highest BCUT2D eigenvalue weighted by Gasteiger charge is 2.20. The van der Waals surface area contributed by atoms with E-state index in [2.05, 4.69) is 20.4 Å². The zero-order valence-corrected chi connectivity index (χ0v) is 14.4. The minimum Gasteiger partial charge on any atom is -0.486 e. The van der Waals surface area contributed by atoms with Gasteiger partial charge in [-0.25, -0.2) is 4.98 Å². The summed E-state index contributed by atoms with van der Waals surface area (Å²) in [4.78, 5) is 18.9. The van der Waals surface area contributed by atoms with E-state index in [1.807, 2.05) is 31.2 Å². The molecule has 0 amide bonds. The van der Waals surface area contributed by atoms with Gasteiger partial charge in [0.25, 0.3) is 5.95 Å². The van der Waals surface area contributed by atoms with E-state index in [0.29, 0.717) is 30.4 Å². The molecule has 138 valence electrons. The zero-order valence-electron chi connectivity index (χ0n) is 14.4. The van der Waals surface area contributed by atoms with Gasteiger partial charge in [-0.2, -0.15) is 14.8 Å². The van der Waals surface area contributed by atoms with Gasteiger partial charge in [-0.15, -0.1) is 0 Å². The molecule has 0 aliphatic carbocycles. The van der Waals surface area contributed by atoms with Gasteiger partial charge in [0, 0.05) is 11.8 Å². The van der Waals surface area contributed by atoms with Gasteiger partial charge in [-0.3, -0.25) is 10.1 Å². The Hall–Kier alpha value is -3.69. The molecule has 0 saturated heterocycles. The Labute approximate surface area is 153 Å². The first-order valence-corrected chi connectivity index (χ1v) is 8.26. The van der Waals surface area contributed by atoms with E-state index in [0.717, 1.165) is 11.9 Å². The Morgan fingerprint density at radius 3 is 2.93 bits per heavy atom. The molecule has 0 unspecified atom stereocenters. The second kappa shape index (κ2) is 6.90. The highest BCUT2D eigenvalue weighted by Crippen LogP contribution is 2.30. The normalized spacial score (nSPS) is 15.4. The van der Waals surface area contributed by atoms with Crippen LogP contribution >= 0.6 is 0 Å². The Morgan fingerprint density at radius 2 is 2.15 bits per heavy atom. The van der Waals surface area contributed by atoms with Crippen LogP contribution in [0.15, 0.2) is 42.7 Å². The van der Waals surface area contributed by atoms with E-state index in [9.17, 15) is 10.1 Å². The zero-order chi connectivity index (χ0) is 18.8. The lowest BCUT2D eigenvalue weighted by molar-refractivity contribution is -0.384. The lowest BCUT2D eigenvalue weighted by Gasteiger charge is -2.26. The Balaban J connectivity index is 1.46. The number of fused-ring (bicyclic) bond motifs is 1. The highest BCUT2D eigenvalue weighted by molar-refractivity contribution is 5.42. The molecule has 0 saturated carbocycles. The molecule has 4 rings (SSSR count). The highest BCUT2D eigenvalue weighted by atomic mass is 16.6. The van der Waals surface area contributed by atoms with Crippen molar-refractivity contribution in [2.45, 2.75) is 13.0 Å². The summed E-state index contributed by atoms with van der Waals surface area (Å²) in [5.74, 6) is 2.25. The molecule has 0 bridgehead atoms. The molecule has 1 aromatic carbocycles. The van der Waals surface area contributed by atoms with Gasteiger partial charge in [0.05, 0.1) is 11.5 Å². The van der Waals surface area contributed by atoms with Crippen molar-refractivity contribution in [3.05, 3.63) is 58.5 Å². The van der Waals surface area contributed by atoms with Crippen LogP contribution in [0, 0.1) is 17.0 Å². The summed E-state index contributed by atoms with van der Waals surface area (Å²) >= 11 is 0. The lowest BCUT2D eigenvalue weighted by Crippen LogP contribution is -2.35. The summed E-state index contributed by atoms with van der Waals surface area (Å²) in [6.45, 7) is 2.71. The summed E-state index contributed by atoms with van der Waals surface area (Å²) in [5.41, 5.74) is 0.577. The predicted molar refractivity (Wildman–Crippen MR) is 95.4 cm³/mol. The molecule has 1 aliphatic rings. The van der Waals surface area contributed by atoms with Gasteiger partial charge < -0.3 is 14.8 Å². The first-order chi connectivity index (χ1) is 13.1. The smallest absolute Gasteiger partial charge is 0.307 e. The van der Waals surface area contributed by atoms with Crippen molar-refractivity contribution in [3.8, 4) is 17.4 Å². The summed E-state index contributed by atoms with van der Waals surface area (Å²) in [7, 11) is 0. The van der Waals surface area contributed by atoms with Crippen molar-refractivity contribution < 1.29 is 14.4 Å². The largest absolute Gasteiger partial charge is 0.486 e. The second-order valence-electron chi connectivity index (χ2n) is 5.97. The molecule has 1 atom stereocenters. The number of benzene rings is 1. The van der Waals surface area contributed by atoms with Gasteiger partial charge in [0.15, 0.2) is 11.5 Å². The predicted octanol–water partition coefficient (Wildman–Crippen LogP) is 2.13. The number of aryl methyl sites for hydroxylation is 1. The van der Waals surface area contributed by atoms with E-state index < -0.39 is 4.92 Å². The Morgan fingerprint density at radius 1 is 1.33 bits per heavy atom. The van der Waals surface area contributed by atoms with Crippen LogP contribution < -0.4 is 14.8 Å². The number of aromatic nitrogens is 4. The third kappa shape index (κ3) is 3.64. The van der Waals surface area contributed by atoms with E-state index in [-0.39, 0.29) is 17.7 Å². The molecule has 10 heteroatoms. The van der Waals surface area contributed by atoms with Crippen molar-refractivity contribution in [1.29, 1.82) is 0 Å². The van der Waals surface area contributed by atoms with E-state index >= 15 is 0 Å². The van der Waals surface area contributed by atoms with Crippen molar-refractivity contribution in [2.75, 3.05) is 18.5 Å². The number of ether oxygens (including phenoxy) is 2. The van der Waals surface area contributed by atoms with Gasteiger partial charge in [0.1, 0.15) is 30.9 Å². The van der Waals surface area contributed by atoms with Crippen LogP contribution in [0.2, 0.25) is 0 Å². The van der Waals surface area contributed by atoms with Crippen LogP contribution in [0.1, 0.15) is 5.69 Å². The summed E-state index contributed by atoms with van der Waals surface area (Å²) < 4.78 is 12.9. The molecule has 1 aliphatic heterocycles. The van der Waals surface area contributed by atoms with Gasteiger partial charge in [-0.1, -0.05) is 12.1 Å². The monoisotopic (exact) mass is 368 g/mol. The molecule has 10 nitrogen and oxygen atoms in total. The molecule has 0 fully saturated rings. The van der Waals surface area contributed by atoms with Gasteiger partial charge >= 0.3 is 5.69 Å². The molecule has 27 heavy (non-hydrogen) atoms. The quantitative estimate of drug-likeness (QED) is 0.538. The molecule has 3 heterocycles.